The van der Waals surface area contributed by atoms with Gasteiger partial charge in [-0.15, -0.1) is 0 Å². The van der Waals surface area contributed by atoms with E-state index in [9.17, 15) is 14.4 Å². The summed E-state index contributed by atoms with van der Waals surface area (Å²) in [6, 6.07) is 13.0. The van der Waals surface area contributed by atoms with Gasteiger partial charge in [-0.25, -0.2) is 10.1 Å². The molecule has 0 radical (unpaired) electrons. The highest BCUT2D eigenvalue weighted by atomic mass is 16.4. The Morgan fingerprint density at radius 1 is 0.966 bits per heavy atom. The Bertz CT molecular complexity index is 971. The Morgan fingerprint density at radius 2 is 1.66 bits per heavy atom. The SMILES string of the molecule is O=C(O)CCc1ccc([N+]2(c3ccc4c(c3)CCNCC4)CC(=O)NC2=O)cc1. The minimum atomic E-state index is -0.846. The van der Waals surface area contributed by atoms with Gasteiger partial charge in [0, 0.05) is 30.7 Å². The van der Waals surface area contributed by atoms with Crippen molar-refractivity contribution in [3.63, 3.8) is 0 Å². The number of carbonyl (C=O) groups excluding carboxylic acids is 2. The van der Waals surface area contributed by atoms with Crippen LogP contribution in [0.25, 0.3) is 0 Å². The van der Waals surface area contributed by atoms with Crippen LogP contribution in [0.15, 0.2) is 42.5 Å². The summed E-state index contributed by atoms with van der Waals surface area (Å²) in [6.45, 7) is 1.84. The maximum Gasteiger partial charge on any atom is 0.434 e. The van der Waals surface area contributed by atoms with E-state index in [4.69, 9.17) is 5.11 Å². The molecule has 0 saturated carbocycles. The standard InChI is InChI=1S/C22H23N3O4/c26-20-14-25(22(29)24-20,18-5-1-15(2-6-18)3-8-21(27)28)19-7-4-16-9-11-23-12-10-17(16)13-19/h1-2,4-7,13,23H,3,8-12,14H2,(H-,24,26,27,28,29)/p+1. The fourth-order valence-electron chi connectivity index (χ4n) is 4.17. The van der Waals surface area contributed by atoms with Crippen molar-refractivity contribution >= 4 is 29.3 Å². The number of urea groups is 1. The lowest BCUT2D eigenvalue weighted by molar-refractivity contribution is -0.137. The molecule has 7 heteroatoms. The Labute approximate surface area is 168 Å². The molecule has 0 aliphatic carbocycles. The van der Waals surface area contributed by atoms with E-state index in [-0.39, 0.29) is 29.4 Å². The molecule has 1 atom stereocenters. The van der Waals surface area contributed by atoms with Crippen LogP contribution >= 0.6 is 0 Å². The number of aryl methyl sites for hydroxylation is 1. The van der Waals surface area contributed by atoms with E-state index >= 15 is 0 Å². The number of carboxylic acids is 1. The van der Waals surface area contributed by atoms with Crippen molar-refractivity contribution in [2.75, 3.05) is 19.6 Å². The number of carboxylic acid groups (broad SMARTS) is 1. The zero-order valence-electron chi connectivity index (χ0n) is 16.1. The lowest BCUT2D eigenvalue weighted by atomic mass is 10.0. The molecule has 1 fully saturated rings. The van der Waals surface area contributed by atoms with Crippen LogP contribution in [-0.2, 0) is 28.9 Å². The van der Waals surface area contributed by atoms with Crippen molar-refractivity contribution in [2.24, 2.45) is 0 Å². The number of quaternary nitrogens is 1. The van der Waals surface area contributed by atoms with E-state index in [1.807, 2.05) is 30.3 Å². The summed E-state index contributed by atoms with van der Waals surface area (Å²) in [6.07, 6.45) is 2.30. The molecule has 0 bridgehead atoms. The molecule has 150 valence electrons. The van der Waals surface area contributed by atoms with Gasteiger partial charge in [0.05, 0.1) is 0 Å². The third-order valence-corrected chi connectivity index (χ3v) is 5.75. The maximum atomic E-state index is 13.0. The summed E-state index contributed by atoms with van der Waals surface area (Å²) in [5.41, 5.74) is 4.82. The van der Waals surface area contributed by atoms with Crippen molar-refractivity contribution < 1.29 is 19.5 Å². The number of nitrogens with zero attached hydrogens (tertiary/aromatic N) is 1. The molecule has 2 aliphatic heterocycles. The van der Waals surface area contributed by atoms with E-state index in [1.165, 1.54) is 11.1 Å². The molecule has 29 heavy (non-hydrogen) atoms. The second kappa shape index (κ2) is 7.77. The first-order valence-electron chi connectivity index (χ1n) is 9.86. The second-order valence-corrected chi connectivity index (χ2v) is 7.58. The Kier molecular flexibility index (Phi) is 5.17. The number of benzene rings is 2. The highest BCUT2D eigenvalue weighted by Gasteiger charge is 2.50. The third kappa shape index (κ3) is 3.66. The van der Waals surface area contributed by atoms with Crippen LogP contribution in [0.1, 0.15) is 23.1 Å². The summed E-state index contributed by atoms with van der Waals surface area (Å²) in [5.74, 6) is -1.15. The van der Waals surface area contributed by atoms with Gasteiger partial charge in [0.2, 0.25) is 0 Å². The normalized spacial score (nSPS) is 21.4. The number of hydrogen-bond acceptors (Lipinski definition) is 4. The molecule has 2 aromatic rings. The molecule has 2 aliphatic rings. The van der Waals surface area contributed by atoms with Crippen molar-refractivity contribution in [3.8, 4) is 0 Å². The Morgan fingerprint density at radius 3 is 2.31 bits per heavy atom. The van der Waals surface area contributed by atoms with Crippen LogP contribution in [0.4, 0.5) is 16.2 Å². The molecule has 4 rings (SSSR count). The fraction of sp³-hybridized carbons (Fsp3) is 0.318. The van der Waals surface area contributed by atoms with Crippen LogP contribution in [0.2, 0.25) is 0 Å². The van der Waals surface area contributed by atoms with Crippen molar-refractivity contribution in [2.45, 2.75) is 25.7 Å². The number of carbonyl (C=O) groups is 3. The smallest absolute Gasteiger partial charge is 0.434 e. The number of rotatable bonds is 5. The van der Waals surface area contributed by atoms with Gasteiger partial charge < -0.3 is 10.4 Å². The minimum Gasteiger partial charge on any atom is -0.481 e. The summed E-state index contributed by atoms with van der Waals surface area (Å²) in [4.78, 5) is 36.0. The van der Waals surface area contributed by atoms with Gasteiger partial charge in [0.1, 0.15) is 11.4 Å². The van der Waals surface area contributed by atoms with Gasteiger partial charge >= 0.3 is 12.0 Å². The minimum absolute atomic E-state index is 0.0182. The largest absolute Gasteiger partial charge is 0.481 e. The fourth-order valence-corrected chi connectivity index (χ4v) is 4.17. The van der Waals surface area contributed by atoms with Gasteiger partial charge in [0.15, 0.2) is 6.54 Å². The van der Waals surface area contributed by atoms with E-state index in [1.54, 1.807) is 0 Å². The van der Waals surface area contributed by atoms with Crippen LogP contribution in [0.3, 0.4) is 0 Å². The molecule has 2 aromatic carbocycles. The number of hydrogen-bond donors (Lipinski definition) is 3. The van der Waals surface area contributed by atoms with Crippen LogP contribution in [-0.4, -0.2) is 42.6 Å². The second-order valence-electron chi connectivity index (χ2n) is 7.58. The molecule has 0 aromatic heterocycles. The number of nitrogens with one attached hydrogen (secondary N) is 2. The predicted octanol–water partition coefficient (Wildman–Crippen LogP) is 2.28. The zero-order valence-corrected chi connectivity index (χ0v) is 16.1. The molecular weight excluding hydrogens is 370 g/mol. The number of amides is 3. The summed E-state index contributed by atoms with van der Waals surface area (Å²) >= 11 is 0. The molecule has 2 heterocycles. The van der Waals surface area contributed by atoms with Crippen molar-refractivity contribution in [1.29, 1.82) is 0 Å². The maximum absolute atomic E-state index is 13.0. The zero-order chi connectivity index (χ0) is 20.4. The first kappa shape index (κ1) is 19.3. The van der Waals surface area contributed by atoms with Crippen molar-refractivity contribution in [1.82, 2.24) is 15.1 Å². The summed E-state index contributed by atoms with van der Waals surface area (Å²) < 4.78 is -0.196. The van der Waals surface area contributed by atoms with Crippen molar-refractivity contribution in [3.05, 3.63) is 59.2 Å². The Hall–Kier alpha value is -3.03. The molecule has 1 saturated heterocycles. The quantitative estimate of drug-likeness (QED) is 0.534. The Balaban J connectivity index is 1.74. The lowest BCUT2D eigenvalue weighted by Gasteiger charge is -2.29. The third-order valence-electron chi connectivity index (χ3n) is 5.75. The topological polar surface area (TPSA) is 95.5 Å². The van der Waals surface area contributed by atoms with Gasteiger partial charge in [0.25, 0.3) is 5.91 Å². The highest BCUT2D eigenvalue weighted by molar-refractivity contribution is 6.12. The molecular formula is C22H24N3O4+. The first-order chi connectivity index (χ1) is 14.0. The molecule has 3 N–H and O–H groups in total. The van der Waals surface area contributed by atoms with Gasteiger partial charge in [-0.2, -0.15) is 4.48 Å². The van der Waals surface area contributed by atoms with E-state index < -0.39 is 5.97 Å². The number of fused-ring (bicyclic) bond motifs is 1. The molecule has 1 unspecified atom stereocenters. The molecule has 3 amide bonds. The van der Waals surface area contributed by atoms with Gasteiger partial charge in [-0.1, -0.05) is 18.2 Å². The monoisotopic (exact) mass is 394 g/mol. The molecule has 0 spiro atoms. The number of imide groups is 1. The lowest BCUT2D eigenvalue weighted by Crippen LogP contribution is -2.47. The van der Waals surface area contributed by atoms with Crippen LogP contribution in [0, 0.1) is 0 Å². The van der Waals surface area contributed by atoms with E-state index in [2.05, 4.69) is 22.8 Å². The summed E-state index contributed by atoms with van der Waals surface area (Å²) in [7, 11) is 0. The highest BCUT2D eigenvalue weighted by Crippen LogP contribution is 2.38. The predicted molar refractivity (Wildman–Crippen MR) is 109 cm³/mol. The van der Waals surface area contributed by atoms with Gasteiger partial charge in [-0.3, -0.25) is 9.59 Å². The van der Waals surface area contributed by atoms with E-state index in [0.717, 1.165) is 37.2 Å². The summed E-state index contributed by atoms with van der Waals surface area (Å²) in [5, 5.41) is 14.7. The van der Waals surface area contributed by atoms with Gasteiger partial charge in [-0.05, 0) is 49.0 Å². The first-order valence-corrected chi connectivity index (χ1v) is 9.86. The van der Waals surface area contributed by atoms with Crippen LogP contribution < -0.4 is 15.1 Å². The number of aliphatic carboxylic acids is 1. The average molecular weight is 394 g/mol. The van der Waals surface area contributed by atoms with Crippen LogP contribution in [0.5, 0.6) is 0 Å². The molecule has 7 nitrogen and oxygen atoms in total. The van der Waals surface area contributed by atoms with E-state index in [0.29, 0.717) is 12.1 Å². The average Bonchev–Trinajstić information content (AvgIpc) is 2.88.